The number of Topliss-reactive ketones (excluding diaryl/α,β-unsaturated/α-hetero) is 2. The first kappa shape index (κ1) is 95.5. The Labute approximate surface area is 765 Å². The molecule has 4 saturated heterocycles. The number of fused-ring (bicyclic) bond motifs is 7. The molecule has 4 fully saturated rings. The Kier molecular flexibility index (Phi) is 32.5. The topological polar surface area (TPSA) is 517 Å². The maximum absolute atomic E-state index is 15.1. The molecule has 0 unspecified atom stereocenters. The summed E-state index contributed by atoms with van der Waals surface area (Å²) in [4.78, 5) is 218. The monoisotopic (exact) mass is 1800 g/mol. The maximum atomic E-state index is 15.1. The van der Waals surface area contributed by atoms with E-state index in [0.29, 0.717) is 38.5 Å². The van der Waals surface area contributed by atoms with Crippen molar-refractivity contribution in [2.24, 2.45) is 44.8 Å². The number of carbonyl (C=O) groups excluding carboxylic acids is 14. The molecule has 19 N–H and O–H groups in total. The molecule has 12 amide bonds. The second-order valence-corrected chi connectivity index (χ2v) is 35.2. The Morgan fingerprint density at radius 2 is 0.886 bits per heavy atom. The Morgan fingerprint density at radius 3 is 1.36 bits per heavy atom. The van der Waals surface area contributed by atoms with Crippen LogP contribution in [0.25, 0.3) is 21.8 Å². The van der Waals surface area contributed by atoms with Crippen LogP contribution >= 0.6 is 0 Å². The van der Waals surface area contributed by atoms with Crippen LogP contribution in [-0.4, -0.2) is 218 Å². The van der Waals surface area contributed by atoms with Crippen molar-refractivity contribution in [2.75, 3.05) is 39.3 Å². The number of carbonyl (C=O) groups is 14. The molecule has 11 atom stereocenters. The van der Waals surface area contributed by atoms with E-state index in [0.717, 1.165) is 66.3 Å². The number of nitrogens with zero attached hydrogens (tertiary/aromatic N) is 5. The number of aromatic amines is 2. The lowest BCUT2D eigenvalue weighted by Crippen LogP contribution is -2.65. The Bertz CT molecular complexity index is 5570. The fourth-order valence-electron chi connectivity index (χ4n) is 19.0. The second kappa shape index (κ2) is 45.0. The number of nitrogens with one attached hydrogen (secondary N) is 11. The highest BCUT2D eigenvalue weighted by Gasteiger charge is 2.50. The molecule has 1 aliphatic carbocycles. The standard InChI is InChI=1S/2C49H60N10O7/c1-30(60)55-40(24-31-12-3-2-4-13-31)44(63)56-38-19-10-21-52-43(62)32(16-9-22-53-48(50)51)26-42(61)39(25-35-29-54-37-18-8-7-17-36(35)37)57-47(66)49(27-33-14-5-6-15-34(33)28-49)58-45(64)41-20-11-23-59(41)46(38)65;1-30(60)55-40(24-31-12-3-2-4-13-31)45(63)56-38-19-10-21-52-44(62)33(16-9-22-53-49(50)51)27-43(61)39(25-35-28-54-37-18-8-7-17-36(35)37)57-46(64)42-26-32-14-5-6-15-34(32)29-59(42)48(66)41-20-11-23-58(41)47(38)65/h2-8,12-15,17-18,29,32,38-41,54H,9-11,16,19-28H2,1H3,(H,52,62)(H,55,60)(H,56,63)(H,57,66)(H,58,64)(H4,50,51,53);2-8,12-15,17-18,28,33,38-42,54H,9-11,16,19-27,29H2,1H3,(H,52,62)(H,55,60)(H,56,63)(H,57,64)(H4,50,51,53)/t32-,38+,39+,40+,41+;33-,38+,39+,40+,41+,42-/m11/s1. The van der Waals surface area contributed by atoms with Crippen molar-refractivity contribution in [3.05, 3.63) is 215 Å². The summed E-state index contributed by atoms with van der Waals surface area (Å²) < 4.78 is 0. The molecular formula is C98H120N20O14. The molecule has 696 valence electrons. The Balaban J connectivity index is 0.000000224. The van der Waals surface area contributed by atoms with Gasteiger partial charge in [-0.2, -0.15) is 0 Å². The molecule has 6 aromatic carbocycles. The lowest BCUT2D eigenvalue weighted by atomic mass is 9.89. The van der Waals surface area contributed by atoms with Gasteiger partial charge in [-0.1, -0.05) is 146 Å². The number of aromatic nitrogens is 2. The predicted octanol–water partition coefficient (Wildman–Crippen LogP) is 3.52. The molecule has 8 aromatic rings. The van der Waals surface area contributed by atoms with Crippen LogP contribution in [0.15, 0.2) is 180 Å². The molecule has 5 aliphatic heterocycles. The van der Waals surface area contributed by atoms with E-state index in [1.54, 1.807) is 0 Å². The second-order valence-electron chi connectivity index (χ2n) is 35.2. The van der Waals surface area contributed by atoms with Crippen LogP contribution in [0, 0.1) is 11.8 Å². The maximum Gasteiger partial charge on any atom is 0.247 e. The number of para-hydroxylation sites is 2. The zero-order valence-electron chi connectivity index (χ0n) is 74.6. The molecule has 1 spiro atoms. The molecule has 14 rings (SSSR count). The number of hydrogen-bond acceptors (Lipinski definition) is 16. The number of amides is 12. The number of benzene rings is 6. The van der Waals surface area contributed by atoms with E-state index < -0.39 is 143 Å². The van der Waals surface area contributed by atoms with Crippen molar-refractivity contribution < 1.29 is 67.1 Å². The van der Waals surface area contributed by atoms with Gasteiger partial charge in [0.05, 0.1) is 12.1 Å². The van der Waals surface area contributed by atoms with Crippen LogP contribution in [0.3, 0.4) is 0 Å². The Morgan fingerprint density at radius 1 is 0.455 bits per heavy atom. The van der Waals surface area contributed by atoms with Crippen molar-refractivity contribution >= 4 is 116 Å². The van der Waals surface area contributed by atoms with Gasteiger partial charge >= 0.3 is 0 Å². The van der Waals surface area contributed by atoms with E-state index >= 15 is 4.79 Å². The molecule has 34 nitrogen and oxygen atoms in total. The first-order valence-corrected chi connectivity index (χ1v) is 45.7. The van der Waals surface area contributed by atoms with E-state index in [-0.39, 0.29) is 166 Å². The van der Waals surface area contributed by atoms with Gasteiger partial charge in [-0.3, -0.25) is 77.1 Å². The summed E-state index contributed by atoms with van der Waals surface area (Å²) in [5.74, 6) is -8.40. The number of rotatable bonds is 22. The van der Waals surface area contributed by atoms with E-state index in [2.05, 4.69) is 67.8 Å². The first-order chi connectivity index (χ1) is 63.6. The third-order valence-electron chi connectivity index (χ3n) is 25.8. The minimum atomic E-state index is -1.53. The summed E-state index contributed by atoms with van der Waals surface area (Å²) in [6.45, 7) is 3.84. The summed E-state index contributed by atoms with van der Waals surface area (Å²) in [6, 6.07) is 39.4. The van der Waals surface area contributed by atoms with Crippen LogP contribution in [0.2, 0.25) is 0 Å². The van der Waals surface area contributed by atoms with Crippen molar-refractivity contribution in [3.8, 4) is 0 Å². The van der Waals surface area contributed by atoms with Gasteiger partial charge in [0.25, 0.3) is 0 Å². The lowest BCUT2D eigenvalue weighted by Gasteiger charge is -2.40. The van der Waals surface area contributed by atoms with Crippen molar-refractivity contribution in [1.82, 2.24) is 72.5 Å². The van der Waals surface area contributed by atoms with Gasteiger partial charge in [0.2, 0.25) is 70.9 Å². The first-order valence-electron chi connectivity index (χ1n) is 45.7. The highest BCUT2D eigenvalue weighted by atomic mass is 16.2. The molecule has 34 heteroatoms. The molecular weight excluding hydrogens is 1680 g/mol. The molecule has 132 heavy (non-hydrogen) atoms. The molecule has 6 aliphatic rings. The van der Waals surface area contributed by atoms with Gasteiger partial charge in [0.15, 0.2) is 23.5 Å². The average Bonchev–Trinajstić information content (AvgIpc) is 1.56. The number of aliphatic imine (C=N–C) groups is 2. The zero-order valence-corrected chi connectivity index (χ0v) is 74.6. The van der Waals surface area contributed by atoms with Crippen LogP contribution in [-0.2, 0) is 119 Å². The van der Waals surface area contributed by atoms with Gasteiger partial charge in [-0.25, -0.2) is 0 Å². The predicted molar refractivity (Wildman–Crippen MR) is 496 cm³/mol. The highest BCUT2D eigenvalue weighted by molar-refractivity contribution is 6.02. The summed E-state index contributed by atoms with van der Waals surface area (Å²) in [5, 5.41) is 28.1. The van der Waals surface area contributed by atoms with Crippen molar-refractivity contribution in [2.45, 2.75) is 215 Å². The fraction of sp³-hybridized carbons (Fsp3) is 0.429. The molecule has 0 radical (unpaired) electrons. The zero-order chi connectivity index (χ0) is 93.5. The number of guanidine groups is 2. The van der Waals surface area contributed by atoms with Crippen molar-refractivity contribution in [3.63, 3.8) is 0 Å². The van der Waals surface area contributed by atoms with Crippen LogP contribution < -0.4 is 70.8 Å². The van der Waals surface area contributed by atoms with E-state index in [1.165, 1.54) is 28.5 Å². The summed E-state index contributed by atoms with van der Waals surface area (Å²) in [6.07, 6.45) is 7.77. The minimum Gasteiger partial charge on any atom is -0.370 e. The summed E-state index contributed by atoms with van der Waals surface area (Å²) >= 11 is 0. The normalized spacial score (nSPS) is 22.2. The van der Waals surface area contributed by atoms with Crippen LogP contribution in [0.4, 0.5) is 0 Å². The smallest absolute Gasteiger partial charge is 0.247 e. The van der Waals surface area contributed by atoms with E-state index in [4.69, 9.17) is 22.9 Å². The molecule has 7 heterocycles. The lowest BCUT2D eigenvalue weighted by molar-refractivity contribution is -0.150. The van der Waals surface area contributed by atoms with Crippen LogP contribution in [0.5, 0.6) is 0 Å². The quantitative estimate of drug-likeness (QED) is 0.0262. The van der Waals surface area contributed by atoms with E-state index in [9.17, 15) is 62.3 Å². The van der Waals surface area contributed by atoms with Crippen molar-refractivity contribution in [1.29, 1.82) is 0 Å². The molecule has 0 bridgehead atoms. The van der Waals surface area contributed by atoms with Gasteiger partial charge < -0.3 is 95.5 Å². The van der Waals surface area contributed by atoms with E-state index in [1.807, 2.05) is 170 Å². The van der Waals surface area contributed by atoms with Gasteiger partial charge in [-0.15, -0.1) is 0 Å². The highest BCUT2D eigenvalue weighted by Crippen LogP contribution is 2.35. The SMILES string of the molecule is CC(=O)N[C@@H](Cc1ccccc1)C(=O)N[C@H]1CCCNC(=O)[C@H](CCCN=C(N)N)CC(=O)[C@H](Cc2c[nH]c3ccccc23)NC(=O)C2(Cc3ccccc3C2)NC(=O)[C@@H]2CCCN2C1=O.CC(=O)N[C@@H](Cc1ccccc1)C(=O)N[C@H]1CCCNC(=O)[C@H](CCCN=C(N)N)CC(=O)[C@H](Cc2c[nH]c3ccccc23)NC(=O)[C@H]2Cc3ccccc3CN2C(=O)[C@@H]2CCCN2C1=O. The molecule has 0 saturated carbocycles. The van der Waals surface area contributed by atoms with Gasteiger partial charge in [0.1, 0.15) is 47.8 Å². The third kappa shape index (κ3) is 24.7. The number of ketones is 2. The largest absolute Gasteiger partial charge is 0.370 e. The fourth-order valence-corrected chi connectivity index (χ4v) is 19.0. The number of nitrogens with two attached hydrogens (primary N) is 4. The Hall–Kier alpha value is -14.1. The third-order valence-corrected chi connectivity index (χ3v) is 25.8. The summed E-state index contributed by atoms with van der Waals surface area (Å²) in [5.41, 5.74) is 29.1. The van der Waals surface area contributed by atoms with Gasteiger partial charge in [-0.05, 0) is 134 Å². The van der Waals surface area contributed by atoms with Gasteiger partial charge in [0, 0.05) is 163 Å². The number of H-pyrrole nitrogens is 2. The number of hydrogen-bond donors (Lipinski definition) is 15. The van der Waals surface area contributed by atoms with Crippen LogP contribution in [0.1, 0.15) is 148 Å². The average molecular weight is 1800 g/mol. The summed E-state index contributed by atoms with van der Waals surface area (Å²) in [7, 11) is 0. The minimum absolute atomic E-state index is 0.0796. The molecule has 2 aromatic heterocycles.